The normalized spacial score (nSPS) is 18.6. The van der Waals surface area contributed by atoms with Crippen molar-refractivity contribution in [1.29, 1.82) is 0 Å². The van der Waals surface area contributed by atoms with Gasteiger partial charge in [0.2, 0.25) is 0 Å². The molecule has 1 unspecified atom stereocenters. The smallest absolute Gasteiger partial charge is 0.373 e. The predicted molar refractivity (Wildman–Crippen MR) is 68.5 cm³/mol. The van der Waals surface area contributed by atoms with Crippen molar-refractivity contribution in [3.05, 3.63) is 47.0 Å². The Morgan fingerprint density at radius 1 is 1.19 bits per heavy atom. The summed E-state index contributed by atoms with van der Waals surface area (Å²) >= 11 is 0. The summed E-state index contributed by atoms with van der Waals surface area (Å²) in [5.41, 5.74) is 0.0329. The Kier molecular flexibility index (Phi) is 3.44. The van der Waals surface area contributed by atoms with E-state index in [1.54, 1.807) is 4.57 Å². The van der Waals surface area contributed by atoms with Gasteiger partial charge in [0.15, 0.2) is 0 Å². The van der Waals surface area contributed by atoms with Crippen LogP contribution in [-0.4, -0.2) is 19.9 Å². The first-order chi connectivity index (χ1) is 9.95. The zero-order valence-electron chi connectivity index (χ0n) is 11.1. The molecule has 0 spiro atoms. The number of rotatable bonds is 2. The summed E-state index contributed by atoms with van der Waals surface area (Å²) in [6.45, 7) is 0. The van der Waals surface area contributed by atoms with Gasteiger partial charge in [-0.1, -0.05) is 12.1 Å². The monoisotopic (exact) mass is 297 g/mol. The molecule has 1 aliphatic heterocycles. The molecule has 0 radical (unpaired) electrons. The number of aliphatic hydroxyl groups excluding tert-OH is 1. The Bertz CT molecular complexity index is 634. The molecule has 3 rings (SSSR count). The second-order valence-corrected chi connectivity index (χ2v) is 5.15. The van der Waals surface area contributed by atoms with Gasteiger partial charge in [-0.2, -0.15) is 13.2 Å². The molecular formula is C14H14F3N3O. The van der Waals surface area contributed by atoms with E-state index in [-0.39, 0.29) is 0 Å². The van der Waals surface area contributed by atoms with Gasteiger partial charge in [0.1, 0.15) is 17.9 Å². The van der Waals surface area contributed by atoms with Crippen molar-refractivity contribution in [2.45, 2.75) is 38.1 Å². The van der Waals surface area contributed by atoms with E-state index in [1.807, 2.05) is 0 Å². The maximum atomic E-state index is 12.5. The standard InChI is InChI=1S/C14H14F3N3O/c15-14(16,17)10-6-4-9(5-7-10)8-12-19-18-11-2-1-3-13(21)20(11)12/h4-7,13,21H,1-3,8H2. The molecule has 0 saturated carbocycles. The molecule has 112 valence electrons. The fraction of sp³-hybridized carbons (Fsp3) is 0.429. The summed E-state index contributed by atoms with van der Waals surface area (Å²) < 4.78 is 39.2. The highest BCUT2D eigenvalue weighted by Gasteiger charge is 2.30. The Labute approximate surface area is 119 Å². The van der Waals surface area contributed by atoms with Gasteiger partial charge in [0.25, 0.3) is 0 Å². The molecule has 0 saturated heterocycles. The molecule has 2 heterocycles. The third-order valence-corrected chi connectivity index (χ3v) is 3.64. The first-order valence-corrected chi connectivity index (χ1v) is 6.72. The summed E-state index contributed by atoms with van der Waals surface area (Å²) in [5, 5.41) is 18.1. The van der Waals surface area contributed by atoms with Crippen molar-refractivity contribution >= 4 is 0 Å². The molecule has 0 fully saturated rings. The van der Waals surface area contributed by atoms with E-state index in [0.717, 1.165) is 30.8 Å². The second-order valence-electron chi connectivity index (χ2n) is 5.15. The molecule has 1 aliphatic rings. The minimum absolute atomic E-state index is 0.349. The Balaban J connectivity index is 1.83. The maximum absolute atomic E-state index is 12.5. The van der Waals surface area contributed by atoms with E-state index in [0.29, 0.717) is 24.2 Å². The number of hydrogen-bond donors (Lipinski definition) is 1. The van der Waals surface area contributed by atoms with Gasteiger partial charge in [0, 0.05) is 12.8 Å². The van der Waals surface area contributed by atoms with Crippen LogP contribution < -0.4 is 0 Å². The van der Waals surface area contributed by atoms with E-state index >= 15 is 0 Å². The van der Waals surface area contributed by atoms with E-state index in [2.05, 4.69) is 10.2 Å². The minimum Gasteiger partial charge on any atom is -0.373 e. The Hall–Kier alpha value is -1.89. The lowest BCUT2D eigenvalue weighted by Crippen LogP contribution is -2.19. The third-order valence-electron chi connectivity index (χ3n) is 3.64. The average Bonchev–Trinajstić information content (AvgIpc) is 2.83. The molecule has 0 amide bonds. The molecule has 0 aliphatic carbocycles. The summed E-state index contributed by atoms with van der Waals surface area (Å²) in [5.74, 6) is 1.31. The van der Waals surface area contributed by atoms with Crippen molar-refractivity contribution in [3.8, 4) is 0 Å². The summed E-state index contributed by atoms with van der Waals surface area (Å²) in [7, 11) is 0. The second kappa shape index (κ2) is 5.14. The summed E-state index contributed by atoms with van der Waals surface area (Å²) in [6.07, 6.45) is -2.36. The fourth-order valence-electron chi connectivity index (χ4n) is 2.56. The fourth-order valence-corrected chi connectivity index (χ4v) is 2.56. The Morgan fingerprint density at radius 3 is 2.57 bits per heavy atom. The third kappa shape index (κ3) is 2.78. The molecule has 2 aromatic rings. The number of hydrogen-bond acceptors (Lipinski definition) is 3. The zero-order valence-corrected chi connectivity index (χ0v) is 11.1. The highest BCUT2D eigenvalue weighted by Crippen LogP contribution is 2.29. The number of aryl methyl sites for hydroxylation is 1. The van der Waals surface area contributed by atoms with Gasteiger partial charge >= 0.3 is 6.18 Å². The molecule has 21 heavy (non-hydrogen) atoms. The van der Waals surface area contributed by atoms with Crippen molar-refractivity contribution in [2.24, 2.45) is 0 Å². The first kappa shape index (κ1) is 14.1. The quantitative estimate of drug-likeness (QED) is 0.927. The molecule has 1 N–H and O–H groups in total. The van der Waals surface area contributed by atoms with Gasteiger partial charge in [-0.15, -0.1) is 10.2 Å². The molecule has 4 nitrogen and oxygen atoms in total. The number of halogens is 3. The van der Waals surface area contributed by atoms with E-state index in [9.17, 15) is 18.3 Å². The number of nitrogens with zero attached hydrogens (tertiary/aromatic N) is 3. The number of benzene rings is 1. The average molecular weight is 297 g/mol. The van der Waals surface area contributed by atoms with Gasteiger partial charge in [-0.3, -0.25) is 4.57 Å². The summed E-state index contributed by atoms with van der Waals surface area (Å²) in [6, 6.07) is 4.97. The van der Waals surface area contributed by atoms with E-state index in [1.165, 1.54) is 12.1 Å². The van der Waals surface area contributed by atoms with Gasteiger partial charge in [-0.05, 0) is 30.5 Å². The van der Waals surface area contributed by atoms with Crippen molar-refractivity contribution in [2.75, 3.05) is 0 Å². The lowest BCUT2D eigenvalue weighted by atomic mass is 10.1. The van der Waals surface area contributed by atoms with E-state index in [4.69, 9.17) is 0 Å². The minimum atomic E-state index is -4.33. The van der Waals surface area contributed by atoms with Crippen LogP contribution in [0.25, 0.3) is 0 Å². The van der Waals surface area contributed by atoms with Gasteiger partial charge in [0.05, 0.1) is 5.56 Å². The lowest BCUT2D eigenvalue weighted by Gasteiger charge is -2.21. The zero-order chi connectivity index (χ0) is 15.0. The van der Waals surface area contributed by atoms with Crippen LogP contribution in [0.15, 0.2) is 24.3 Å². The molecule has 1 aromatic heterocycles. The van der Waals surface area contributed by atoms with Gasteiger partial charge in [-0.25, -0.2) is 0 Å². The van der Waals surface area contributed by atoms with Crippen LogP contribution in [0.1, 0.15) is 41.8 Å². The molecule has 1 atom stereocenters. The van der Waals surface area contributed by atoms with Crippen LogP contribution in [0.4, 0.5) is 13.2 Å². The highest BCUT2D eigenvalue weighted by atomic mass is 19.4. The SMILES string of the molecule is OC1CCCc2nnc(Cc3ccc(C(F)(F)F)cc3)n21. The van der Waals surface area contributed by atoms with Crippen molar-refractivity contribution in [3.63, 3.8) is 0 Å². The Morgan fingerprint density at radius 2 is 1.90 bits per heavy atom. The molecule has 1 aromatic carbocycles. The van der Waals surface area contributed by atoms with Crippen LogP contribution in [0.3, 0.4) is 0 Å². The topological polar surface area (TPSA) is 50.9 Å². The highest BCUT2D eigenvalue weighted by molar-refractivity contribution is 5.26. The maximum Gasteiger partial charge on any atom is 0.416 e. The number of alkyl halides is 3. The van der Waals surface area contributed by atoms with E-state index < -0.39 is 18.0 Å². The van der Waals surface area contributed by atoms with Crippen molar-refractivity contribution in [1.82, 2.24) is 14.8 Å². The van der Waals surface area contributed by atoms with Crippen LogP contribution >= 0.6 is 0 Å². The van der Waals surface area contributed by atoms with Crippen LogP contribution in [0.5, 0.6) is 0 Å². The number of aliphatic hydroxyl groups is 1. The van der Waals surface area contributed by atoms with Gasteiger partial charge < -0.3 is 5.11 Å². The number of fused-ring (bicyclic) bond motifs is 1. The van der Waals surface area contributed by atoms with Crippen LogP contribution in [0.2, 0.25) is 0 Å². The molecule has 7 heteroatoms. The van der Waals surface area contributed by atoms with Crippen LogP contribution in [-0.2, 0) is 19.0 Å². The molecule has 0 bridgehead atoms. The molecular weight excluding hydrogens is 283 g/mol. The lowest BCUT2D eigenvalue weighted by molar-refractivity contribution is -0.137. The number of aromatic nitrogens is 3. The summed E-state index contributed by atoms with van der Waals surface area (Å²) in [4.78, 5) is 0. The van der Waals surface area contributed by atoms with Crippen molar-refractivity contribution < 1.29 is 18.3 Å². The first-order valence-electron chi connectivity index (χ1n) is 6.72. The predicted octanol–water partition coefficient (Wildman–Crippen LogP) is 2.71. The largest absolute Gasteiger partial charge is 0.416 e. The van der Waals surface area contributed by atoms with Crippen LogP contribution in [0, 0.1) is 0 Å².